The van der Waals surface area contributed by atoms with Crippen molar-refractivity contribution in [3.8, 4) is 0 Å². The number of aromatic amines is 1. The summed E-state index contributed by atoms with van der Waals surface area (Å²) >= 11 is 0. The van der Waals surface area contributed by atoms with Gasteiger partial charge in [0.15, 0.2) is 11.6 Å². The first-order valence-electron chi connectivity index (χ1n) is 9.39. The predicted molar refractivity (Wildman–Crippen MR) is 102 cm³/mol. The molecular weight excluding hydrogens is 440 g/mol. The molecule has 0 spiro atoms. The van der Waals surface area contributed by atoms with E-state index in [9.17, 15) is 35.9 Å². The maximum absolute atomic E-state index is 14.0. The maximum atomic E-state index is 14.0. The Labute approximate surface area is 176 Å². The number of alkyl halides is 2. The zero-order valence-electron chi connectivity index (χ0n) is 16.4. The van der Waals surface area contributed by atoms with Crippen LogP contribution >= 0.6 is 0 Å². The molecule has 1 aliphatic rings. The Bertz CT molecular complexity index is 1280. The van der Waals surface area contributed by atoms with E-state index < -0.39 is 58.3 Å². The number of hydrogen-bond acceptors (Lipinski definition) is 3. The molecule has 2 aromatic carbocycles. The molecule has 1 aliphatic heterocycles. The minimum absolute atomic E-state index is 0.0826. The summed E-state index contributed by atoms with van der Waals surface area (Å²) in [6.07, 6.45) is -3.40. The summed E-state index contributed by atoms with van der Waals surface area (Å²) in [5, 5.41) is 2.92. The van der Waals surface area contributed by atoms with Crippen molar-refractivity contribution in [3.63, 3.8) is 0 Å². The van der Waals surface area contributed by atoms with Crippen LogP contribution in [0.25, 0.3) is 10.8 Å². The number of hydrogen-bond donors (Lipinski definition) is 2. The summed E-state index contributed by atoms with van der Waals surface area (Å²) in [6.45, 7) is 0.292. The fourth-order valence-corrected chi connectivity index (χ4v) is 3.94. The Morgan fingerprint density at radius 1 is 1.00 bits per heavy atom. The highest BCUT2D eigenvalue weighted by atomic mass is 19.3. The van der Waals surface area contributed by atoms with E-state index >= 15 is 0 Å². The third-order valence-corrected chi connectivity index (χ3v) is 5.49. The van der Waals surface area contributed by atoms with Crippen LogP contribution in [0, 0.1) is 23.3 Å². The normalized spacial score (nSPS) is 15.8. The second-order valence-corrected chi connectivity index (χ2v) is 7.38. The zero-order chi connectivity index (χ0) is 23.3. The van der Waals surface area contributed by atoms with Crippen LogP contribution in [0.1, 0.15) is 39.6 Å². The lowest BCUT2D eigenvalue weighted by molar-refractivity contribution is 0.0721. The van der Waals surface area contributed by atoms with E-state index in [1.165, 1.54) is 7.05 Å². The smallest absolute Gasteiger partial charge is 0.269 e. The van der Waals surface area contributed by atoms with Crippen molar-refractivity contribution in [2.45, 2.75) is 19.0 Å². The molecule has 32 heavy (non-hydrogen) atoms. The van der Waals surface area contributed by atoms with Crippen molar-refractivity contribution >= 4 is 16.7 Å². The molecule has 11 heteroatoms. The number of carbonyl (C=O) groups excluding carboxylic acids is 1. The Balaban J connectivity index is 1.81. The number of H-pyrrole nitrogens is 1. The first kappa shape index (κ1) is 21.9. The Kier molecular flexibility index (Phi) is 5.45. The minimum atomic E-state index is -3.40. The van der Waals surface area contributed by atoms with Crippen molar-refractivity contribution in [2.75, 3.05) is 13.6 Å². The summed E-state index contributed by atoms with van der Waals surface area (Å²) in [4.78, 5) is 28.9. The Morgan fingerprint density at radius 3 is 2.19 bits per heavy atom. The average molecular weight is 455 g/mol. The Morgan fingerprint density at radius 2 is 1.59 bits per heavy atom. The van der Waals surface area contributed by atoms with Gasteiger partial charge in [0.25, 0.3) is 17.9 Å². The van der Waals surface area contributed by atoms with Crippen LogP contribution < -0.4 is 10.9 Å². The van der Waals surface area contributed by atoms with E-state index in [0.29, 0.717) is 23.4 Å². The van der Waals surface area contributed by atoms with Crippen molar-refractivity contribution in [2.24, 2.45) is 0 Å². The molecule has 4 rings (SSSR count). The lowest BCUT2D eigenvalue weighted by Crippen LogP contribution is -2.42. The number of amides is 1. The van der Waals surface area contributed by atoms with Gasteiger partial charge < -0.3 is 15.2 Å². The number of nitrogens with zero attached hydrogens (tertiary/aromatic N) is 1. The van der Waals surface area contributed by atoms with Crippen LogP contribution in [0.3, 0.4) is 0 Å². The molecule has 3 aromatic rings. The number of pyridine rings is 1. The highest BCUT2D eigenvalue weighted by molar-refractivity contribution is 5.95. The standard InChI is InChI=1S/C21H15F6N3O2/c1-30(21(32)8-2-13(24)18(19(26)27)14(25)3-8)16-7-28-6-15-17(16)9-4-11(22)12(23)5-10(9)20(31)29-15/h2-5,16,19,28H,6-7H2,1H3,(H,29,31)/t16-/m0/s1. The topological polar surface area (TPSA) is 65.2 Å². The van der Waals surface area contributed by atoms with E-state index in [4.69, 9.17) is 0 Å². The number of aromatic nitrogens is 1. The second kappa shape index (κ2) is 7.97. The molecule has 0 saturated carbocycles. The first-order chi connectivity index (χ1) is 15.1. The van der Waals surface area contributed by atoms with Gasteiger partial charge in [-0.1, -0.05) is 0 Å². The molecular formula is C21H15F6N3O2. The third kappa shape index (κ3) is 3.52. The number of rotatable bonds is 3. The van der Waals surface area contributed by atoms with Gasteiger partial charge in [0, 0.05) is 37.0 Å². The van der Waals surface area contributed by atoms with Crippen molar-refractivity contribution in [1.29, 1.82) is 0 Å². The van der Waals surface area contributed by atoms with Crippen LogP contribution in [0.15, 0.2) is 29.1 Å². The number of likely N-dealkylation sites (N-methyl/N-ethyl adjacent to an activating group) is 1. The molecule has 1 aromatic heterocycles. The fraction of sp³-hybridized carbons (Fsp3) is 0.238. The molecule has 5 nitrogen and oxygen atoms in total. The van der Waals surface area contributed by atoms with Gasteiger partial charge in [-0.2, -0.15) is 0 Å². The van der Waals surface area contributed by atoms with E-state index in [-0.39, 0.29) is 23.9 Å². The average Bonchev–Trinajstić information content (AvgIpc) is 2.72. The minimum Gasteiger partial charge on any atom is -0.333 e. The van der Waals surface area contributed by atoms with Crippen LogP contribution in [-0.4, -0.2) is 29.4 Å². The van der Waals surface area contributed by atoms with Crippen LogP contribution in [-0.2, 0) is 6.54 Å². The summed E-state index contributed by atoms with van der Waals surface area (Å²) in [6, 6.07) is 1.78. The molecule has 0 bridgehead atoms. The van der Waals surface area contributed by atoms with E-state index in [2.05, 4.69) is 10.3 Å². The van der Waals surface area contributed by atoms with Crippen molar-refractivity contribution < 1.29 is 31.1 Å². The van der Waals surface area contributed by atoms with E-state index in [0.717, 1.165) is 17.0 Å². The van der Waals surface area contributed by atoms with Gasteiger partial charge in [0.05, 0.1) is 17.0 Å². The summed E-state index contributed by atoms with van der Waals surface area (Å²) in [5.41, 5.74) is -1.94. The number of carbonyl (C=O) groups is 1. The Hall–Kier alpha value is -3.34. The van der Waals surface area contributed by atoms with Gasteiger partial charge >= 0.3 is 0 Å². The van der Waals surface area contributed by atoms with Crippen LogP contribution in [0.5, 0.6) is 0 Å². The van der Waals surface area contributed by atoms with Crippen LogP contribution in [0.2, 0.25) is 0 Å². The second-order valence-electron chi connectivity index (χ2n) is 7.38. The highest BCUT2D eigenvalue weighted by Crippen LogP contribution is 2.33. The molecule has 1 amide bonds. The number of benzene rings is 2. The number of nitrogens with one attached hydrogen (secondary N) is 2. The molecule has 0 saturated heterocycles. The molecule has 0 fully saturated rings. The largest absolute Gasteiger partial charge is 0.333 e. The van der Waals surface area contributed by atoms with Crippen LogP contribution in [0.4, 0.5) is 26.3 Å². The van der Waals surface area contributed by atoms with Gasteiger partial charge in [-0.15, -0.1) is 0 Å². The van der Waals surface area contributed by atoms with E-state index in [1.807, 2.05) is 0 Å². The predicted octanol–water partition coefficient (Wildman–Crippen LogP) is 3.94. The quantitative estimate of drug-likeness (QED) is 0.589. The van der Waals surface area contributed by atoms with Crippen molar-refractivity contribution in [3.05, 3.63) is 80.3 Å². The molecule has 0 unspecified atom stereocenters. The van der Waals surface area contributed by atoms with Gasteiger partial charge in [0.1, 0.15) is 11.6 Å². The monoisotopic (exact) mass is 455 g/mol. The summed E-state index contributed by atoms with van der Waals surface area (Å²) in [5.74, 6) is -6.44. The number of halogens is 6. The van der Waals surface area contributed by atoms with Gasteiger partial charge in [-0.25, -0.2) is 26.3 Å². The first-order valence-corrected chi connectivity index (χ1v) is 9.39. The lowest BCUT2D eigenvalue weighted by Gasteiger charge is -2.34. The third-order valence-electron chi connectivity index (χ3n) is 5.49. The zero-order valence-corrected chi connectivity index (χ0v) is 16.4. The van der Waals surface area contributed by atoms with Gasteiger partial charge in [-0.05, 0) is 29.7 Å². The SMILES string of the molecule is CN(C(=O)c1cc(F)c(C(F)F)c(F)c1)[C@H]1CNCc2[nH]c(=O)c3cc(F)c(F)cc3c21. The molecule has 2 heterocycles. The van der Waals surface area contributed by atoms with Gasteiger partial charge in [-0.3, -0.25) is 9.59 Å². The summed E-state index contributed by atoms with van der Waals surface area (Å²) in [7, 11) is 1.30. The highest BCUT2D eigenvalue weighted by Gasteiger charge is 2.32. The van der Waals surface area contributed by atoms with Crippen molar-refractivity contribution in [1.82, 2.24) is 15.2 Å². The summed E-state index contributed by atoms with van der Waals surface area (Å²) < 4.78 is 81.2. The molecule has 168 valence electrons. The molecule has 1 atom stereocenters. The van der Waals surface area contributed by atoms with Gasteiger partial charge in [0.2, 0.25) is 0 Å². The molecule has 2 N–H and O–H groups in total. The molecule has 0 aliphatic carbocycles. The van der Waals surface area contributed by atoms with E-state index in [1.54, 1.807) is 0 Å². The lowest BCUT2D eigenvalue weighted by atomic mass is 9.93. The molecule has 0 radical (unpaired) electrons. The fourth-order valence-electron chi connectivity index (χ4n) is 3.94. The maximum Gasteiger partial charge on any atom is 0.269 e. The number of fused-ring (bicyclic) bond motifs is 3.